The van der Waals surface area contributed by atoms with Gasteiger partial charge in [0.25, 0.3) is 0 Å². The first kappa shape index (κ1) is 11.0. The monoisotopic (exact) mass is 187 g/mol. The summed E-state index contributed by atoms with van der Waals surface area (Å²) in [6.45, 7) is 5.27. The van der Waals surface area contributed by atoms with E-state index in [1.807, 2.05) is 0 Å². The summed E-state index contributed by atoms with van der Waals surface area (Å²) >= 11 is 0. The number of piperidine rings is 1. The lowest BCUT2D eigenvalue weighted by molar-refractivity contribution is 0.185. The SMILES string of the molecule is CCC(C)CC(F)C1CCCCN1. The highest BCUT2D eigenvalue weighted by Gasteiger charge is 2.23. The van der Waals surface area contributed by atoms with E-state index < -0.39 is 6.17 Å². The Balaban J connectivity index is 2.24. The zero-order chi connectivity index (χ0) is 9.68. The second-order valence-corrected chi connectivity index (χ2v) is 4.32. The van der Waals surface area contributed by atoms with E-state index in [-0.39, 0.29) is 6.04 Å². The molecule has 1 nitrogen and oxygen atoms in total. The standard InChI is InChI=1S/C11H22FN/c1-3-9(2)8-10(12)11-6-4-5-7-13-11/h9-11,13H,3-8H2,1-2H3. The van der Waals surface area contributed by atoms with E-state index in [1.54, 1.807) is 0 Å². The molecule has 2 heteroatoms. The number of alkyl halides is 1. The van der Waals surface area contributed by atoms with Gasteiger partial charge in [0.2, 0.25) is 0 Å². The number of rotatable bonds is 4. The lowest BCUT2D eigenvalue weighted by atomic mass is 9.93. The fourth-order valence-electron chi connectivity index (χ4n) is 1.90. The minimum atomic E-state index is -0.629. The predicted octanol–water partition coefficient (Wildman–Crippen LogP) is 2.90. The van der Waals surface area contributed by atoms with Crippen molar-refractivity contribution >= 4 is 0 Å². The molecule has 0 bridgehead atoms. The van der Waals surface area contributed by atoms with Crippen LogP contribution in [0.5, 0.6) is 0 Å². The Hall–Kier alpha value is -0.110. The second-order valence-electron chi connectivity index (χ2n) is 4.32. The Labute approximate surface area is 81.1 Å². The third-order valence-electron chi connectivity index (χ3n) is 3.11. The molecule has 1 heterocycles. The van der Waals surface area contributed by atoms with Gasteiger partial charge in [-0.05, 0) is 31.7 Å². The van der Waals surface area contributed by atoms with Crippen molar-refractivity contribution < 1.29 is 4.39 Å². The highest BCUT2D eigenvalue weighted by molar-refractivity contribution is 4.80. The molecule has 0 aromatic heterocycles. The minimum Gasteiger partial charge on any atom is -0.311 e. The summed E-state index contributed by atoms with van der Waals surface area (Å²) in [6.07, 6.45) is 4.62. The van der Waals surface area contributed by atoms with Gasteiger partial charge < -0.3 is 5.32 Å². The van der Waals surface area contributed by atoms with Gasteiger partial charge >= 0.3 is 0 Å². The molecule has 0 radical (unpaired) electrons. The maximum Gasteiger partial charge on any atom is 0.116 e. The summed E-state index contributed by atoms with van der Waals surface area (Å²) in [7, 11) is 0. The molecule has 0 aromatic carbocycles. The van der Waals surface area contributed by atoms with Gasteiger partial charge in [-0.3, -0.25) is 0 Å². The molecule has 0 spiro atoms. The van der Waals surface area contributed by atoms with Crippen LogP contribution in [0, 0.1) is 5.92 Å². The smallest absolute Gasteiger partial charge is 0.116 e. The Bertz CT molecular complexity index is 132. The van der Waals surface area contributed by atoms with Crippen molar-refractivity contribution in [1.29, 1.82) is 0 Å². The quantitative estimate of drug-likeness (QED) is 0.713. The molecular weight excluding hydrogens is 165 g/mol. The van der Waals surface area contributed by atoms with Gasteiger partial charge in [0.05, 0.1) is 0 Å². The van der Waals surface area contributed by atoms with Crippen LogP contribution in [-0.4, -0.2) is 18.8 Å². The molecule has 13 heavy (non-hydrogen) atoms. The third-order valence-corrected chi connectivity index (χ3v) is 3.11. The Kier molecular flexibility index (Phi) is 4.71. The van der Waals surface area contributed by atoms with E-state index >= 15 is 0 Å². The Morgan fingerprint density at radius 3 is 2.77 bits per heavy atom. The van der Waals surface area contributed by atoms with Crippen LogP contribution in [0.15, 0.2) is 0 Å². The number of hydrogen-bond acceptors (Lipinski definition) is 1. The van der Waals surface area contributed by atoms with Gasteiger partial charge in [-0.1, -0.05) is 26.7 Å². The molecule has 0 amide bonds. The lowest BCUT2D eigenvalue weighted by Crippen LogP contribution is -2.41. The summed E-state index contributed by atoms with van der Waals surface area (Å²) in [5.41, 5.74) is 0. The Morgan fingerprint density at radius 2 is 2.23 bits per heavy atom. The average molecular weight is 187 g/mol. The van der Waals surface area contributed by atoms with Gasteiger partial charge in [0.1, 0.15) is 6.17 Å². The fourth-order valence-corrected chi connectivity index (χ4v) is 1.90. The number of hydrogen-bond donors (Lipinski definition) is 1. The molecular formula is C11H22FN. The van der Waals surface area contributed by atoms with Crippen molar-refractivity contribution in [3.8, 4) is 0 Å². The van der Waals surface area contributed by atoms with Gasteiger partial charge in [0, 0.05) is 6.04 Å². The molecule has 3 unspecified atom stereocenters. The zero-order valence-corrected chi connectivity index (χ0v) is 8.85. The van der Waals surface area contributed by atoms with Crippen LogP contribution in [0.25, 0.3) is 0 Å². The van der Waals surface area contributed by atoms with E-state index in [0.717, 1.165) is 25.8 Å². The van der Waals surface area contributed by atoms with Crippen LogP contribution in [0.2, 0.25) is 0 Å². The predicted molar refractivity (Wildman–Crippen MR) is 54.6 cm³/mol. The van der Waals surface area contributed by atoms with Crippen molar-refractivity contribution in [2.75, 3.05) is 6.54 Å². The third kappa shape index (κ3) is 3.63. The molecule has 0 saturated carbocycles. The summed E-state index contributed by atoms with van der Waals surface area (Å²) in [5, 5.41) is 3.27. The molecule has 0 aromatic rings. The zero-order valence-electron chi connectivity index (χ0n) is 8.85. The first-order valence-corrected chi connectivity index (χ1v) is 5.61. The van der Waals surface area contributed by atoms with E-state index in [9.17, 15) is 4.39 Å². The summed E-state index contributed by atoms with van der Waals surface area (Å²) in [5.74, 6) is 0.527. The van der Waals surface area contributed by atoms with Crippen LogP contribution >= 0.6 is 0 Å². The van der Waals surface area contributed by atoms with Crippen LogP contribution < -0.4 is 5.32 Å². The summed E-state index contributed by atoms with van der Waals surface area (Å²) in [6, 6.07) is 0.141. The van der Waals surface area contributed by atoms with Crippen molar-refractivity contribution in [2.45, 2.75) is 58.2 Å². The van der Waals surface area contributed by atoms with Crippen LogP contribution in [0.1, 0.15) is 46.0 Å². The second kappa shape index (κ2) is 5.58. The number of halogens is 1. The molecule has 0 aliphatic carbocycles. The highest BCUT2D eigenvalue weighted by atomic mass is 19.1. The summed E-state index contributed by atoms with van der Waals surface area (Å²) < 4.78 is 13.7. The van der Waals surface area contributed by atoms with Crippen molar-refractivity contribution in [1.82, 2.24) is 5.32 Å². The molecule has 1 saturated heterocycles. The molecule has 1 aliphatic heterocycles. The van der Waals surface area contributed by atoms with E-state index in [4.69, 9.17) is 0 Å². The van der Waals surface area contributed by atoms with Crippen molar-refractivity contribution in [2.24, 2.45) is 5.92 Å². The van der Waals surface area contributed by atoms with E-state index in [0.29, 0.717) is 5.92 Å². The molecule has 1 N–H and O–H groups in total. The van der Waals surface area contributed by atoms with E-state index in [2.05, 4.69) is 19.2 Å². The van der Waals surface area contributed by atoms with Gasteiger partial charge in [-0.2, -0.15) is 0 Å². The van der Waals surface area contributed by atoms with Gasteiger partial charge in [-0.25, -0.2) is 4.39 Å². The molecule has 3 atom stereocenters. The minimum absolute atomic E-state index is 0.141. The maximum atomic E-state index is 13.7. The number of nitrogens with one attached hydrogen (secondary N) is 1. The van der Waals surface area contributed by atoms with Crippen LogP contribution in [0.3, 0.4) is 0 Å². The molecule has 1 aliphatic rings. The lowest BCUT2D eigenvalue weighted by Gasteiger charge is -2.27. The van der Waals surface area contributed by atoms with Gasteiger partial charge in [0.15, 0.2) is 0 Å². The first-order valence-electron chi connectivity index (χ1n) is 5.61. The largest absolute Gasteiger partial charge is 0.311 e. The maximum absolute atomic E-state index is 13.7. The van der Waals surface area contributed by atoms with Crippen LogP contribution in [0.4, 0.5) is 4.39 Å². The van der Waals surface area contributed by atoms with E-state index in [1.165, 1.54) is 12.8 Å². The summed E-state index contributed by atoms with van der Waals surface area (Å²) in [4.78, 5) is 0. The van der Waals surface area contributed by atoms with Crippen molar-refractivity contribution in [3.05, 3.63) is 0 Å². The Morgan fingerprint density at radius 1 is 1.46 bits per heavy atom. The first-order chi connectivity index (χ1) is 6.24. The normalized spacial score (nSPS) is 28.4. The molecule has 1 fully saturated rings. The average Bonchev–Trinajstić information content (AvgIpc) is 2.19. The van der Waals surface area contributed by atoms with Gasteiger partial charge in [-0.15, -0.1) is 0 Å². The van der Waals surface area contributed by atoms with Crippen molar-refractivity contribution in [3.63, 3.8) is 0 Å². The fraction of sp³-hybridized carbons (Fsp3) is 1.00. The van der Waals surface area contributed by atoms with Crippen LogP contribution in [-0.2, 0) is 0 Å². The molecule has 78 valence electrons. The molecule has 1 rings (SSSR count). The highest BCUT2D eigenvalue weighted by Crippen LogP contribution is 2.20. The topological polar surface area (TPSA) is 12.0 Å².